The lowest BCUT2D eigenvalue weighted by Gasteiger charge is -2.31. The molecule has 1 heterocycles. The number of hydrogen-bond acceptors (Lipinski definition) is 3. The lowest BCUT2D eigenvalue weighted by molar-refractivity contribution is -0.114. The summed E-state index contributed by atoms with van der Waals surface area (Å²) >= 11 is 6.20. The maximum absolute atomic E-state index is 13.4. The molecule has 1 amide bonds. The molecule has 5 nitrogen and oxygen atoms in total. The van der Waals surface area contributed by atoms with Crippen LogP contribution in [0.4, 0.5) is 11.4 Å². The van der Waals surface area contributed by atoms with Crippen molar-refractivity contribution in [2.75, 3.05) is 16.2 Å². The van der Waals surface area contributed by atoms with Crippen molar-refractivity contribution in [1.29, 1.82) is 0 Å². The van der Waals surface area contributed by atoms with Gasteiger partial charge >= 0.3 is 0 Å². The van der Waals surface area contributed by atoms with Crippen LogP contribution in [-0.4, -0.2) is 20.9 Å². The fraction of sp³-hybridized carbons (Fsp3) is 0.0385. The number of rotatable bonds is 4. The number of halogens is 1. The first-order valence-corrected chi connectivity index (χ1v) is 12.1. The van der Waals surface area contributed by atoms with Crippen LogP contribution in [0.5, 0.6) is 0 Å². The second-order valence-corrected chi connectivity index (χ2v) is 9.90. The number of nitrogens with zero attached hydrogens (tertiary/aromatic N) is 1. The van der Waals surface area contributed by atoms with E-state index in [9.17, 15) is 13.2 Å². The molecule has 0 radical (unpaired) electrons. The molecule has 4 aromatic rings. The maximum Gasteiger partial charge on any atom is 0.265 e. The van der Waals surface area contributed by atoms with Gasteiger partial charge in [-0.3, -0.25) is 9.10 Å². The van der Waals surface area contributed by atoms with Crippen LogP contribution in [0.1, 0.15) is 0 Å². The van der Waals surface area contributed by atoms with Crippen LogP contribution in [-0.2, 0) is 14.8 Å². The van der Waals surface area contributed by atoms with E-state index in [0.29, 0.717) is 27.5 Å². The van der Waals surface area contributed by atoms with Crippen LogP contribution >= 0.6 is 11.6 Å². The molecule has 33 heavy (non-hydrogen) atoms. The molecule has 0 saturated carbocycles. The minimum absolute atomic E-state index is 0.150. The van der Waals surface area contributed by atoms with Crippen LogP contribution in [0.15, 0.2) is 102 Å². The van der Waals surface area contributed by atoms with Crippen molar-refractivity contribution in [3.63, 3.8) is 0 Å². The quantitative estimate of drug-likeness (QED) is 0.405. The maximum atomic E-state index is 13.4. The van der Waals surface area contributed by atoms with Gasteiger partial charge in [-0.25, -0.2) is 8.42 Å². The Morgan fingerprint density at radius 2 is 1.45 bits per heavy atom. The Hall–Kier alpha value is -3.61. The highest BCUT2D eigenvalue weighted by Gasteiger charge is 2.36. The zero-order valence-electron chi connectivity index (χ0n) is 17.4. The molecule has 1 aliphatic rings. The zero-order chi connectivity index (χ0) is 23.0. The summed E-state index contributed by atoms with van der Waals surface area (Å²) in [7, 11) is -3.93. The molecule has 1 aliphatic heterocycles. The van der Waals surface area contributed by atoms with Crippen LogP contribution in [0, 0.1) is 0 Å². The molecule has 5 rings (SSSR count). The van der Waals surface area contributed by atoms with Crippen molar-refractivity contribution < 1.29 is 13.2 Å². The normalized spacial score (nSPS) is 13.7. The summed E-state index contributed by atoms with van der Waals surface area (Å²) in [6.45, 7) is -0.367. The summed E-state index contributed by atoms with van der Waals surface area (Å²) in [6.07, 6.45) is 0. The van der Waals surface area contributed by atoms with Gasteiger partial charge in [0, 0.05) is 27.4 Å². The summed E-state index contributed by atoms with van der Waals surface area (Å²) in [6, 6.07) is 28.8. The van der Waals surface area contributed by atoms with Gasteiger partial charge in [0.15, 0.2) is 0 Å². The number of nitrogens with one attached hydrogen (secondary N) is 1. The van der Waals surface area contributed by atoms with Crippen LogP contribution in [0.3, 0.4) is 0 Å². The molecular formula is C26H19ClN2O3S. The lowest BCUT2D eigenvalue weighted by atomic mass is 10.0. The highest BCUT2D eigenvalue weighted by molar-refractivity contribution is 7.93. The predicted octanol–water partition coefficient (Wildman–Crippen LogP) is 5.82. The third-order valence-corrected chi connectivity index (χ3v) is 7.60. The van der Waals surface area contributed by atoms with Crippen molar-refractivity contribution in [2.45, 2.75) is 4.90 Å². The van der Waals surface area contributed by atoms with E-state index in [0.717, 1.165) is 15.4 Å². The van der Waals surface area contributed by atoms with Gasteiger partial charge in [0.2, 0.25) is 5.91 Å². The largest absolute Gasteiger partial charge is 0.324 e. The van der Waals surface area contributed by atoms with Crippen molar-refractivity contribution in [3.8, 4) is 22.3 Å². The summed E-state index contributed by atoms with van der Waals surface area (Å²) < 4.78 is 28.0. The monoisotopic (exact) mass is 474 g/mol. The summed E-state index contributed by atoms with van der Waals surface area (Å²) in [5.41, 5.74) is 4.08. The molecular weight excluding hydrogens is 456 g/mol. The van der Waals surface area contributed by atoms with Crippen LogP contribution in [0.2, 0.25) is 5.02 Å². The molecule has 0 aliphatic carbocycles. The van der Waals surface area contributed by atoms with Gasteiger partial charge < -0.3 is 5.32 Å². The molecule has 1 N–H and O–H groups in total. The molecule has 164 valence electrons. The Morgan fingerprint density at radius 3 is 2.24 bits per heavy atom. The molecule has 0 aromatic heterocycles. The van der Waals surface area contributed by atoms with Gasteiger partial charge in [0.1, 0.15) is 6.54 Å². The van der Waals surface area contributed by atoms with Crippen molar-refractivity contribution in [3.05, 3.63) is 102 Å². The first kappa shape index (κ1) is 21.2. The van der Waals surface area contributed by atoms with E-state index < -0.39 is 15.9 Å². The number of hydrogen-bond donors (Lipinski definition) is 1. The Bertz CT molecular complexity index is 1470. The topological polar surface area (TPSA) is 66.5 Å². The standard InChI is InChI=1S/C26H19ClN2O3S/c27-19-14-15-24-22(16-19)21-11-5-7-13-25(21)33(31,32)29(24)17-26(30)28-23-12-6-4-10-20(23)18-8-2-1-3-9-18/h1-16H,17H2,(H,28,30). The summed E-state index contributed by atoms with van der Waals surface area (Å²) in [5, 5.41) is 3.38. The van der Waals surface area contributed by atoms with Crippen molar-refractivity contribution in [1.82, 2.24) is 0 Å². The number of para-hydroxylation sites is 1. The first-order valence-electron chi connectivity index (χ1n) is 10.3. The molecule has 0 atom stereocenters. The van der Waals surface area contributed by atoms with Gasteiger partial charge in [-0.1, -0.05) is 78.3 Å². The smallest absolute Gasteiger partial charge is 0.265 e. The van der Waals surface area contributed by atoms with Gasteiger partial charge in [-0.2, -0.15) is 0 Å². The highest BCUT2D eigenvalue weighted by Crippen LogP contribution is 2.43. The Kier molecular flexibility index (Phi) is 5.40. The van der Waals surface area contributed by atoms with Gasteiger partial charge in [0.25, 0.3) is 10.0 Å². The van der Waals surface area contributed by atoms with E-state index >= 15 is 0 Å². The van der Waals surface area contributed by atoms with Crippen LogP contribution < -0.4 is 9.62 Å². The lowest BCUT2D eigenvalue weighted by Crippen LogP contribution is -2.40. The summed E-state index contributed by atoms with van der Waals surface area (Å²) in [4.78, 5) is 13.2. The second kappa shape index (κ2) is 8.39. The van der Waals surface area contributed by atoms with E-state index in [4.69, 9.17) is 11.6 Å². The molecule has 0 saturated heterocycles. The minimum atomic E-state index is -3.93. The summed E-state index contributed by atoms with van der Waals surface area (Å²) in [5.74, 6) is -0.442. The third-order valence-electron chi connectivity index (χ3n) is 5.55. The van der Waals surface area contributed by atoms with Gasteiger partial charge in [0.05, 0.1) is 10.6 Å². The number of fused-ring (bicyclic) bond motifs is 3. The fourth-order valence-corrected chi connectivity index (χ4v) is 5.88. The molecule has 0 bridgehead atoms. The molecule has 0 spiro atoms. The number of sulfonamides is 1. The highest BCUT2D eigenvalue weighted by atomic mass is 35.5. The van der Waals surface area contributed by atoms with E-state index in [1.165, 1.54) is 0 Å². The zero-order valence-corrected chi connectivity index (χ0v) is 19.0. The van der Waals surface area contributed by atoms with Crippen molar-refractivity contribution >= 4 is 38.9 Å². The van der Waals surface area contributed by atoms with Gasteiger partial charge in [-0.15, -0.1) is 0 Å². The Balaban J connectivity index is 1.50. The third kappa shape index (κ3) is 3.88. The Morgan fingerprint density at radius 1 is 0.788 bits per heavy atom. The van der Waals surface area contributed by atoms with Gasteiger partial charge in [-0.05, 0) is 35.9 Å². The number of carbonyl (C=O) groups is 1. The average molecular weight is 475 g/mol. The number of amides is 1. The second-order valence-electron chi connectivity index (χ2n) is 7.63. The fourth-order valence-electron chi connectivity index (χ4n) is 4.06. The van der Waals surface area contributed by atoms with E-state index in [2.05, 4.69) is 5.32 Å². The molecule has 7 heteroatoms. The molecule has 0 unspecified atom stereocenters. The first-order chi connectivity index (χ1) is 15.9. The van der Waals surface area contributed by atoms with Crippen LogP contribution in [0.25, 0.3) is 22.3 Å². The molecule has 0 fully saturated rings. The SMILES string of the molecule is O=C(CN1c2ccc(Cl)cc2-c2ccccc2S1(=O)=O)Nc1ccccc1-c1ccccc1. The number of anilines is 2. The Labute approximate surface area is 197 Å². The minimum Gasteiger partial charge on any atom is -0.324 e. The number of carbonyl (C=O) groups excluding carboxylic acids is 1. The van der Waals surface area contributed by atoms with E-state index in [-0.39, 0.29) is 11.4 Å². The van der Waals surface area contributed by atoms with E-state index in [1.54, 1.807) is 48.5 Å². The molecule has 4 aromatic carbocycles. The average Bonchev–Trinajstić information content (AvgIpc) is 2.83. The van der Waals surface area contributed by atoms with E-state index in [1.807, 2.05) is 48.5 Å². The predicted molar refractivity (Wildman–Crippen MR) is 132 cm³/mol. The van der Waals surface area contributed by atoms with Crippen molar-refractivity contribution in [2.24, 2.45) is 0 Å². The number of benzene rings is 4.